The summed E-state index contributed by atoms with van der Waals surface area (Å²) in [5, 5.41) is 4.87. The number of nitrogens with zero attached hydrogens (tertiary/aromatic N) is 1. The molecule has 4 rings (SSSR count). The van der Waals surface area contributed by atoms with Crippen LogP contribution in [0.2, 0.25) is 5.02 Å². The quantitative estimate of drug-likeness (QED) is 0.761. The SMILES string of the molecule is Cc1c(Cl)cccc1S(=O)(=O)n1cc2c3c(cccc31)CNCC2. The summed E-state index contributed by atoms with van der Waals surface area (Å²) in [4.78, 5) is 0.249. The monoisotopic (exact) mass is 360 g/mol. The zero-order chi connectivity index (χ0) is 16.9. The Kier molecular flexibility index (Phi) is 3.67. The molecule has 24 heavy (non-hydrogen) atoms. The highest BCUT2D eigenvalue weighted by molar-refractivity contribution is 7.90. The second-order valence-electron chi connectivity index (χ2n) is 6.06. The number of hydrogen-bond acceptors (Lipinski definition) is 3. The molecule has 0 radical (unpaired) electrons. The molecule has 0 atom stereocenters. The van der Waals surface area contributed by atoms with E-state index in [-0.39, 0.29) is 4.90 Å². The Labute approximate surface area is 146 Å². The third-order valence-electron chi connectivity index (χ3n) is 4.60. The number of aromatic nitrogens is 1. The van der Waals surface area contributed by atoms with Gasteiger partial charge in [0.1, 0.15) is 0 Å². The minimum atomic E-state index is -3.70. The molecule has 124 valence electrons. The van der Waals surface area contributed by atoms with Crippen LogP contribution in [0, 0.1) is 6.92 Å². The van der Waals surface area contributed by atoms with Gasteiger partial charge in [-0.2, -0.15) is 0 Å². The van der Waals surface area contributed by atoms with E-state index in [1.807, 2.05) is 18.2 Å². The smallest absolute Gasteiger partial charge is 0.268 e. The lowest BCUT2D eigenvalue weighted by Crippen LogP contribution is -2.16. The van der Waals surface area contributed by atoms with Crippen LogP contribution in [0.5, 0.6) is 0 Å². The zero-order valence-corrected chi connectivity index (χ0v) is 14.8. The molecule has 1 aliphatic rings. The summed E-state index contributed by atoms with van der Waals surface area (Å²) in [6.45, 7) is 3.33. The maximum atomic E-state index is 13.3. The second-order valence-corrected chi connectivity index (χ2v) is 8.25. The van der Waals surface area contributed by atoms with E-state index in [9.17, 15) is 8.42 Å². The molecule has 0 amide bonds. The summed E-state index contributed by atoms with van der Waals surface area (Å²) in [6.07, 6.45) is 2.57. The fourth-order valence-electron chi connectivity index (χ4n) is 3.37. The van der Waals surface area contributed by atoms with E-state index >= 15 is 0 Å². The molecule has 2 aromatic carbocycles. The first-order chi connectivity index (χ1) is 11.5. The van der Waals surface area contributed by atoms with E-state index in [2.05, 4.69) is 5.32 Å². The Morgan fingerprint density at radius 3 is 2.75 bits per heavy atom. The maximum Gasteiger partial charge on any atom is 0.268 e. The highest BCUT2D eigenvalue weighted by atomic mass is 35.5. The van der Waals surface area contributed by atoms with Crippen molar-refractivity contribution in [2.45, 2.75) is 24.8 Å². The molecule has 1 aliphatic heterocycles. The van der Waals surface area contributed by atoms with Gasteiger partial charge in [-0.3, -0.25) is 0 Å². The van der Waals surface area contributed by atoms with Gasteiger partial charge in [-0.15, -0.1) is 0 Å². The van der Waals surface area contributed by atoms with Crippen molar-refractivity contribution in [3.05, 3.63) is 64.3 Å². The number of halogens is 1. The number of nitrogens with one attached hydrogen (secondary N) is 1. The average Bonchev–Trinajstić information content (AvgIpc) is 2.81. The molecule has 2 heterocycles. The summed E-state index contributed by atoms with van der Waals surface area (Å²) < 4.78 is 27.9. The van der Waals surface area contributed by atoms with Gasteiger partial charge in [0.05, 0.1) is 10.4 Å². The van der Waals surface area contributed by atoms with Gasteiger partial charge < -0.3 is 5.32 Å². The summed E-state index contributed by atoms with van der Waals surface area (Å²) in [5.41, 5.74) is 3.50. The fourth-order valence-corrected chi connectivity index (χ4v) is 5.24. The minimum Gasteiger partial charge on any atom is -0.312 e. The lowest BCUT2D eigenvalue weighted by molar-refractivity contribution is 0.588. The van der Waals surface area contributed by atoms with Crippen molar-refractivity contribution in [3.63, 3.8) is 0 Å². The summed E-state index contributed by atoms with van der Waals surface area (Å²) in [7, 11) is -3.70. The van der Waals surface area contributed by atoms with Crippen LogP contribution >= 0.6 is 11.6 Å². The van der Waals surface area contributed by atoms with Crippen molar-refractivity contribution in [2.75, 3.05) is 6.54 Å². The Balaban J connectivity index is 2.02. The Morgan fingerprint density at radius 2 is 1.92 bits per heavy atom. The first-order valence-corrected chi connectivity index (χ1v) is 9.65. The molecule has 6 heteroatoms. The third kappa shape index (κ3) is 2.27. The summed E-state index contributed by atoms with van der Waals surface area (Å²) in [5.74, 6) is 0. The van der Waals surface area contributed by atoms with Gasteiger partial charge >= 0.3 is 0 Å². The predicted molar refractivity (Wildman–Crippen MR) is 96.1 cm³/mol. The van der Waals surface area contributed by atoms with Crippen LogP contribution in [0.25, 0.3) is 10.9 Å². The molecule has 3 aromatic rings. The number of hydrogen-bond donors (Lipinski definition) is 1. The normalized spacial score (nSPS) is 14.8. The first kappa shape index (κ1) is 15.7. The van der Waals surface area contributed by atoms with E-state index in [4.69, 9.17) is 11.6 Å². The molecular weight excluding hydrogens is 344 g/mol. The van der Waals surface area contributed by atoms with Crippen LogP contribution < -0.4 is 5.32 Å². The van der Waals surface area contributed by atoms with E-state index in [1.54, 1.807) is 31.3 Å². The van der Waals surface area contributed by atoms with Gasteiger partial charge in [0.15, 0.2) is 0 Å². The predicted octanol–water partition coefficient (Wildman–Crippen LogP) is 3.49. The number of rotatable bonds is 2. The van der Waals surface area contributed by atoms with Crippen LogP contribution in [0.15, 0.2) is 47.5 Å². The van der Waals surface area contributed by atoms with Gasteiger partial charge in [0.2, 0.25) is 0 Å². The molecule has 4 nitrogen and oxygen atoms in total. The third-order valence-corrected chi connectivity index (χ3v) is 6.83. The molecule has 0 fully saturated rings. The topological polar surface area (TPSA) is 51.1 Å². The van der Waals surface area contributed by atoms with Crippen molar-refractivity contribution in [1.82, 2.24) is 9.29 Å². The standard InChI is InChI=1S/C18H17ClN2O2S/c1-12-15(19)5-3-7-17(12)24(22,23)21-11-14-8-9-20-10-13-4-2-6-16(21)18(13)14/h2-7,11,20H,8-10H2,1H3. The molecule has 0 saturated heterocycles. The summed E-state index contributed by atoms with van der Waals surface area (Å²) >= 11 is 6.13. The van der Waals surface area contributed by atoms with Gasteiger partial charge in [-0.25, -0.2) is 12.4 Å². The van der Waals surface area contributed by atoms with Crippen molar-refractivity contribution < 1.29 is 8.42 Å². The molecule has 0 aliphatic carbocycles. The Morgan fingerprint density at radius 1 is 1.12 bits per heavy atom. The summed E-state index contributed by atoms with van der Waals surface area (Å²) in [6, 6.07) is 10.8. The molecule has 0 bridgehead atoms. The van der Waals surface area contributed by atoms with E-state index < -0.39 is 10.0 Å². The van der Waals surface area contributed by atoms with Crippen LogP contribution in [0.3, 0.4) is 0 Å². The minimum absolute atomic E-state index is 0.249. The van der Waals surface area contributed by atoms with Gasteiger partial charge in [-0.05, 0) is 54.8 Å². The molecular formula is C18H17ClN2O2S. The van der Waals surface area contributed by atoms with Crippen molar-refractivity contribution in [1.29, 1.82) is 0 Å². The van der Waals surface area contributed by atoms with Crippen LogP contribution in [-0.4, -0.2) is 18.9 Å². The van der Waals surface area contributed by atoms with Crippen LogP contribution in [0.4, 0.5) is 0 Å². The maximum absolute atomic E-state index is 13.3. The zero-order valence-electron chi connectivity index (χ0n) is 13.2. The van der Waals surface area contributed by atoms with E-state index in [0.717, 1.165) is 41.5 Å². The molecule has 0 saturated carbocycles. The highest BCUT2D eigenvalue weighted by Crippen LogP contribution is 2.32. The molecule has 1 aromatic heterocycles. The lowest BCUT2D eigenvalue weighted by Gasteiger charge is -2.12. The largest absolute Gasteiger partial charge is 0.312 e. The van der Waals surface area contributed by atoms with E-state index in [0.29, 0.717) is 10.6 Å². The fraction of sp³-hybridized carbons (Fsp3) is 0.222. The highest BCUT2D eigenvalue weighted by Gasteiger charge is 2.25. The Hall–Kier alpha value is -1.82. The number of benzene rings is 2. The van der Waals surface area contributed by atoms with Crippen molar-refractivity contribution in [2.24, 2.45) is 0 Å². The van der Waals surface area contributed by atoms with Crippen molar-refractivity contribution in [3.8, 4) is 0 Å². The van der Waals surface area contributed by atoms with E-state index in [1.165, 1.54) is 3.97 Å². The lowest BCUT2D eigenvalue weighted by atomic mass is 10.1. The molecule has 0 unspecified atom stereocenters. The van der Waals surface area contributed by atoms with Crippen LogP contribution in [0.1, 0.15) is 16.7 Å². The average molecular weight is 361 g/mol. The Bertz CT molecular complexity index is 1050. The second kappa shape index (κ2) is 5.62. The molecule has 0 spiro atoms. The van der Waals surface area contributed by atoms with Crippen LogP contribution in [-0.2, 0) is 23.0 Å². The molecule has 1 N–H and O–H groups in total. The van der Waals surface area contributed by atoms with Crippen molar-refractivity contribution >= 4 is 32.5 Å². The van der Waals surface area contributed by atoms with Gasteiger partial charge in [0.25, 0.3) is 10.0 Å². The first-order valence-electron chi connectivity index (χ1n) is 7.83. The van der Waals surface area contributed by atoms with Gasteiger partial charge in [0, 0.05) is 23.2 Å². The van der Waals surface area contributed by atoms with Gasteiger partial charge in [-0.1, -0.05) is 29.8 Å².